The number of nitrogens with zero attached hydrogens (tertiary/aromatic N) is 1. The highest BCUT2D eigenvalue weighted by Crippen LogP contribution is 2.19. The summed E-state index contributed by atoms with van der Waals surface area (Å²) in [6, 6.07) is -0.160. The van der Waals surface area contributed by atoms with E-state index in [0.717, 1.165) is 32.5 Å². The Morgan fingerprint density at radius 1 is 0.758 bits per heavy atom. The van der Waals surface area contributed by atoms with E-state index in [1.165, 1.54) is 38.4 Å². The maximum Gasteiger partial charge on any atom is 0.305 e. The standard InChI is InChI=1S/C38H55FN10O13/c1-20(51)29(32(58)46-25(18-50)31(57)41-13-11-28(55)56)48-36(62)38(5,14-22-8-6-7-9-24(22)39)49-33(59)30(21(2)52)47-27(54)17-43-26(53)16-44-35(61)37(3,4)34(60)42-12-10-23-15-40-19-45-23/h6-9,15,19-21,25,29-30,50-52H,10-14,16-18H2,1-5H3,(H,40,45)(H,41,57)(H,42,60)(H,43,53)(H,44,61)(H,46,58)(H,47,54)(H,48,62)(H,49,59)(H,55,56)/t20-,21-,25?,29?,30?,38?/m1/s1. The molecule has 62 heavy (non-hydrogen) atoms. The number of rotatable bonds is 25. The minimum atomic E-state index is -2.20. The summed E-state index contributed by atoms with van der Waals surface area (Å²) >= 11 is 0. The van der Waals surface area contributed by atoms with Crippen molar-refractivity contribution in [3.8, 4) is 0 Å². The summed E-state index contributed by atoms with van der Waals surface area (Å²) in [5.74, 6) is -9.88. The summed E-state index contributed by atoms with van der Waals surface area (Å²) in [6.07, 6.45) is -0.895. The minimum Gasteiger partial charge on any atom is -0.481 e. The normalized spacial score (nSPS) is 14.5. The van der Waals surface area contributed by atoms with Crippen LogP contribution in [0, 0.1) is 11.2 Å². The fraction of sp³-hybridized carbons (Fsp3) is 0.526. The molecule has 1 aromatic heterocycles. The first-order chi connectivity index (χ1) is 29.0. The Labute approximate surface area is 355 Å². The highest BCUT2D eigenvalue weighted by molar-refractivity contribution is 6.05. The molecule has 1 aromatic carbocycles. The van der Waals surface area contributed by atoms with Gasteiger partial charge >= 0.3 is 5.97 Å². The third-order valence-electron chi connectivity index (χ3n) is 9.21. The molecule has 1 heterocycles. The lowest BCUT2D eigenvalue weighted by molar-refractivity contribution is -0.142. The number of aliphatic carboxylic acids is 1. The van der Waals surface area contributed by atoms with Crippen molar-refractivity contribution in [1.29, 1.82) is 0 Å². The number of imidazole rings is 1. The van der Waals surface area contributed by atoms with Crippen LogP contribution in [0.3, 0.4) is 0 Å². The predicted octanol–water partition coefficient (Wildman–Crippen LogP) is -4.62. The Bertz CT molecular complexity index is 1910. The largest absolute Gasteiger partial charge is 0.481 e. The number of amides is 8. The van der Waals surface area contributed by atoms with E-state index in [1.54, 1.807) is 6.20 Å². The number of carbonyl (C=O) groups excluding carboxylic acids is 8. The average Bonchev–Trinajstić information content (AvgIpc) is 3.72. The topological polar surface area (TPSA) is 359 Å². The molecule has 23 nitrogen and oxygen atoms in total. The van der Waals surface area contributed by atoms with Crippen molar-refractivity contribution in [2.45, 2.75) is 89.8 Å². The number of carbonyl (C=O) groups is 9. The minimum absolute atomic E-state index is 0.108. The summed E-state index contributed by atoms with van der Waals surface area (Å²) in [4.78, 5) is 122. The van der Waals surface area contributed by atoms with Crippen molar-refractivity contribution in [3.63, 3.8) is 0 Å². The smallest absolute Gasteiger partial charge is 0.305 e. The Balaban J connectivity index is 2.13. The molecule has 0 aliphatic rings. The molecule has 0 aliphatic carbocycles. The van der Waals surface area contributed by atoms with Gasteiger partial charge in [-0.15, -0.1) is 0 Å². The lowest BCUT2D eigenvalue weighted by Gasteiger charge is -2.34. The predicted molar refractivity (Wildman–Crippen MR) is 213 cm³/mol. The second kappa shape index (κ2) is 24.0. The molecule has 342 valence electrons. The second-order valence-corrected chi connectivity index (χ2v) is 14.9. The number of aliphatic hydroxyl groups excluding tert-OH is 3. The molecule has 0 aliphatic heterocycles. The van der Waals surface area contributed by atoms with E-state index in [2.05, 4.69) is 52.5 Å². The Morgan fingerprint density at radius 2 is 1.37 bits per heavy atom. The number of carboxylic acid groups (broad SMARTS) is 1. The maximum atomic E-state index is 14.9. The van der Waals surface area contributed by atoms with E-state index in [9.17, 15) is 62.9 Å². The molecule has 8 amide bonds. The molecule has 0 saturated carbocycles. The molecular weight excluding hydrogens is 823 g/mol. The van der Waals surface area contributed by atoms with Crippen molar-refractivity contribution < 1.29 is 68.0 Å². The summed E-state index contributed by atoms with van der Waals surface area (Å²) in [5, 5.41) is 57.7. The monoisotopic (exact) mass is 878 g/mol. The lowest BCUT2D eigenvalue weighted by Crippen LogP contribution is -2.66. The van der Waals surface area contributed by atoms with Crippen LogP contribution in [-0.2, 0) is 56.0 Å². The van der Waals surface area contributed by atoms with Gasteiger partial charge in [-0.2, -0.15) is 0 Å². The molecule has 2 aromatic rings. The van der Waals surface area contributed by atoms with Crippen LogP contribution in [0.4, 0.5) is 4.39 Å². The number of halogens is 1. The average molecular weight is 879 g/mol. The number of aromatic nitrogens is 2. The Morgan fingerprint density at radius 3 is 1.95 bits per heavy atom. The molecule has 0 fully saturated rings. The van der Waals surface area contributed by atoms with Gasteiger partial charge in [0.25, 0.3) is 0 Å². The van der Waals surface area contributed by atoms with Crippen molar-refractivity contribution >= 4 is 53.2 Å². The summed E-state index contributed by atoms with van der Waals surface area (Å²) in [7, 11) is 0. The molecule has 13 N–H and O–H groups in total. The van der Waals surface area contributed by atoms with Gasteiger partial charge in [-0.3, -0.25) is 43.2 Å². The first kappa shape index (κ1) is 51.6. The summed E-state index contributed by atoms with van der Waals surface area (Å²) in [6.45, 7) is 3.50. The van der Waals surface area contributed by atoms with E-state index >= 15 is 0 Å². The van der Waals surface area contributed by atoms with Crippen molar-refractivity contribution in [1.82, 2.24) is 52.5 Å². The molecule has 0 bridgehead atoms. The number of aromatic amines is 1. The second-order valence-electron chi connectivity index (χ2n) is 14.9. The fourth-order valence-corrected chi connectivity index (χ4v) is 5.44. The third kappa shape index (κ3) is 16.2. The third-order valence-corrected chi connectivity index (χ3v) is 9.21. The number of nitrogens with one attached hydrogen (secondary N) is 9. The molecule has 0 saturated heterocycles. The van der Waals surface area contributed by atoms with Gasteiger partial charge in [-0.1, -0.05) is 18.2 Å². The van der Waals surface area contributed by atoms with Gasteiger partial charge in [0.05, 0.1) is 44.7 Å². The van der Waals surface area contributed by atoms with Gasteiger partial charge in [-0.25, -0.2) is 9.37 Å². The van der Waals surface area contributed by atoms with E-state index in [1.807, 2.05) is 0 Å². The van der Waals surface area contributed by atoms with Gasteiger partial charge in [0, 0.05) is 37.8 Å². The summed E-state index contributed by atoms with van der Waals surface area (Å²) in [5.41, 5.74) is -3.13. The fourth-order valence-electron chi connectivity index (χ4n) is 5.44. The number of carboxylic acids is 1. The van der Waals surface area contributed by atoms with Crippen LogP contribution < -0.4 is 42.5 Å². The highest BCUT2D eigenvalue weighted by atomic mass is 19.1. The SMILES string of the molecule is C[C@@H](O)C(NC(=O)CNC(=O)CNC(=O)C(C)(C)C(=O)NCCc1cnc[nH]1)C(=O)NC(C)(Cc1ccccc1F)C(=O)NC(C(=O)NC(CO)C(=O)NCCC(=O)O)[C@@H](C)O. The Hall–Kier alpha value is -6.53. The summed E-state index contributed by atoms with van der Waals surface area (Å²) < 4.78 is 14.9. The van der Waals surface area contributed by atoms with Crippen molar-refractivity contribution in [2.75, 3.05) is 32.8 Å². The van der Waals surface area contributed by atoms with E-state index in [-0.39, 0.29) is 18.7 Å². The molecular formula is C38H55FN10O13. The van der Waals surface area contributed by atoms with Crippen molar-refractivity contribution in [3.05, 3.63) is 53.9 Å². The van der Waals surface area contributed by atoms with Crippen LogP contribution in [0.5, 0.6) is 0 Å². The van der Waals surface area contributed by atoms with Crippen LogP contribution in [0.15, 0.2) is 36.8 Å². The maximum absolute atomic E-state index is 14.9. The van der Waals surface area contributed by atoms with Gasteiger partial charge in [0.1, 0.15) is 34.9 Å². The number of hydrogen-bond acceptors (Lipinski definition) is 13. The first-order valence-electron chi connectivity index (χ1n) is 19.3. The van der Waals surface area contributed by atoms with Crippen LogP contribution in [0.2, 0.25) is 0 Å². The molecule has 0 radical (unpaired) electrons. The number of benzene rings is 1. The van der Waals surface area contributed by atoms with E-state index in [4.69, 9.17) is 5.11 Å². The number of aliphatic hydroxyl groups is 3. The van der Waals surface area contributed by atoms with Gasteiger partial charge in [0.15, 0.2) is 0 Å². The van der Waals surface area contributed by atoms with E-state index < -0.39 is 133 Å². The van der Waals surface area contributed by atoms with Crippen LogP contribution >= 0.6 is 0 Å². The van der Waals surface area contributed by atoms with Crippen molar-refractivity contribution in [2.24, 2.45) is 5.41 Å². The van der Waals surface area contributed by atoms with Crippen LogP contribution in [0.25, 0.3) is 0 Å². The van der Waals surface area contributed by atoms with Gasteiger partial charge in [-0.05, 0) is 46.2 Å². The van der Waals surface area contributed by atoms with Crippen LogP contribution in [-0.4, -0.2) is 152 Å². The molecule has 0 spiro atoms. The first-order valence-corrected chi connectivity index (χ1v) is 19.3. The number of H-pyrrole nitrogens is 1. The highest BCUT2D eigenvalue weighted by Gasteiger charge is 2.42. The zero-order chi connectivity index (χ0) is 46.8. The zero-order valence-corrected chi connectivity index (χ0v) is 34.8. The van der Waals surface area contributed by atoms with Gasteiger partial charge in [0.2, 0.25) is 47.3 Å². The number of hydrogen-bond donors (Lipinski definition) is 13. The Kier molecular flexibility index (Phi) is 20.0. The van der Waals surface area contributed by atoms with Crippen LogP contribution in [0.1, 0.15) is 52.3 Å². The molecule has 4 unspecified atom stereocenters. The molecule has 24 heteroatoms. The lowest BCUT2D eigenvalue weighted by atomic mass is 9.90. The van der Waals surface area contributed by atoms with Gasteiger partial charge < -0.3 is 67.9 Å². The molecule has 6 atom stereocenters. The van der Waals surface area contributed by atoms with E-state index in [0.29, 0.717) is 6.42 Å². The zero-order valence-electron chi connectivity index (χ0n) is 34.8. The molecule has 2 rings (SSSR count). The quantitative estimate of drug-likeness (QED) is 0.0418.